The summed E-state index contributed by atoms with van der Waals surface area (Å²) in [5, 5.41) is 2.96. The highest BCUT2D eigenvalue weighted by molar-refractivity contribution is 14.1. The van der Waals surface area contributed by atoms with Crippen LogP contribution in [0.1, 0.15) is 18.9 Å². The molecule has 1 aliphatic heterocycles. The molecule has 1 N–H and O–H groups in total. The van der Waals surface area contributed by atoms with Gasteiger partial charge in [0.25, 0.3) is 0 Å². The molecule has 0 atom stereocenters. The Labute approximate surface area is 170 Å². The van der Waals surface area contributed by atoms with Crippen molar-refractivity contribution in [3.8, 4) is 0 Å². The van der Waals surface area contributed by atoms with Gasteiger partial charge in [-0.2, -0.15) is 0 Å². The third-order valence-electron chi connectivity index (χ3n) is 4.96. The van der Waals surface area contributed by atoms with E-state index in [1.54, 1.807) is 12.4 Å². The number of rotatable bonds is 4. The summed E-state index contributed by atoms with van der Waals surface area (Å²) in [6.07, 6.45) is 3.69. The molecule has 0 saturated carbocycles. The fraction of sp³-hybridized carbons (Fsp3) is 0.300. The van der Waals surface area contributed by atoms with E-state index in [-0.39, 0.29) is 11.7 Å². The number of carbonyl (C=O) groups excluding carboxylic acids is 1. The molecule has 1 fully saturated rings. The Morgan fingerprint density at radius 3 is 2.81 bits per heavy atom. The largest absolute Gasteiger partial charge is 0.327 e. The van der Waals surface area contributed by atoms with Crippen molar-refractivity contribution in [2.75, 3.05) is 25.0 Å². The molecule has 1 amide bonds. The van der Waals surface area contributed by atoms with Crippen molar-refractivity contribution in [1.82, 2.24) is 14.5 Å². The number of piperidine rings is 1. The number of nitrogens with one attached hydrogen (secondary N) is 1. The van der Waals surface area contributed by atoms with Crippen LogP contribution in [0.25, 0.3) is 11.0 Å². The zero-order valence-corrected chi connectivity index (χ0v) is 16.9. The fourth-order valence-corrected chi connectivity index (χ4v) is 4.16. The van der Waals surface area contributed by atoms with Gasteiger partial charge in [-0.25, -0.2) is 9.37 Å². The number of halogens is 2. The number of aromatic nitrogens is 2. The molecule has 1 aliphatic rings. The van der Waals surface area contributed by atoms with Crippen molar-refractivity contribution in [1.29, 1.82) is 0 Å². The lowest BCUT2D eigenvalue weighted by atomic mass is 10.0. The Balaban J connectivity index is 1.34. The number of anilines is 1. The molecule has 0 unspecified atom stereocenters. The second kappa shape index (κ2) is 7.93. The second-order valence-electron chi connectivity index (χ2n) is 6.85. The van der Waals surface area contributed by atoms with Gasteiger partial charge in [-0.15, -0.1) is 0 Å². The molecule has 5 nitrogen and oxygen atoms in total. The zero-order chi connectivity index (χ0) is 18.8. The number of benzene rings is 2. The van der Waals surface area contributed by atoms with Crippen LogP contribution < -0.4 is 5.32 Å². The van der Waals surface area contributed by atoms with Crippen LogP contribution in [0, 0.1) is 9.39 Å². The molecule has 2 heterocycles. The minimum absolute atomic E-state index is 0.0130. The van der Waals surface area contributed by atoms with E-state index in [0.29, 0.717) is 18.1 Å². The van der Waals surface area contributed by atoms with Gasteiger partial charge in [0.2, 0.25) is 5.91 Å². The maximum absolute atomic E-state index is 13.3. The van der Waals surface area contributed by atoms with Crippen LogP contribution in [-0.4, -0.2) is 40.0 Å². The first-order valence-electron chi connectivity index (χ1n) is 8.98. The number of fused-ring (bicyclic) bond motifs is 1. The first-order chi connectivity index (χ1) is 13.1. The molecule has 27 heavy (non-hydrogen) atoms. The van der Waals surface area contributed by atoms with Gasteiger partial charge in [-0.3, -0.25) is 9.69 Å². The Morgan fingerprint density at radius 2 is 2.04 bits per heavy atom. The van der Waals surface area contributed by atoms with E-state index in [2.05, 4.69) is 42.4 Å². The van der Waals surface area contributed by atoms with E-state index in [1.807, 2.05) is 24.3 Å². The summed E-state index contributed by atoms with van der Waals surface area (Å²) in [5.41, 5.74) is 2.49. The first kappa shape index (κ1) is 18.4. The van der Waals surface area contributed by atoms with Crippen molar-refractivity contribution in [3.05, 3.63) is 58.2 Å². The van der Waals surface area contributed by atoms with Crippen LogP contribution in [0.4, 0.5) is 10.1 Å². The molecule has 0 radical (unpaired) electrons. The van der Waals surface area contributed by atoms with Crippen molar-refractivity contribution in [2.24, 2.45) is 0 Å². The molecule has 2 aromatic carbocycles. The Bertz CT molecular complexity index is 966. The Hall–Kier alpha value is -2.00. The van der Waals surface area contributed by atoms with Crippen LogP contribution in [0.2, 0.25) is 0 Å². The molecule has 4 rings (SSSR count). The van der Waals surface area contributed by atoms with E-state index in [1.165, 1.54) is 12.1 Å². The van der Waals surface area contributed by atoms with Gasteiger partial charge in [0, 0.05) is 34.5 Å². The summed E-state index contributed by atoms with van der Waals surface area (Å²) < 4.78 is 16.6. The third kappa shape index (κ3) is 4.30. The monoisotopic (exact) mass is 478 g/mol. The minimum atomic E-state index is -0.262. The highest BCUT2D eigenvalue weighted by Gasteiger charge is 2.23. The van der Waals surface area contributed by atoms with Gasteiger partial charge in [0.15, 0.2) is 0 Å². The second-order valence-corrected chi connectivity index (χ2v) is 8.10. The topological polar surface area (TPSA) is 50.2 Å². The number of hydrogen-bond acceptors (Lipinski definition) is 3. The maximum atomic E-state index is 13.3. The van der Waals surface area contributed by atoms with Crippen LogP contribution in [0.5, 0.6) is 0 Å². The number of imidazole rings is 1. The number of nitrogens with zero attached hydrogens (tertiary/aromatic N) is 3. The minimum Gasteiger partial charge on any atom is -0.327 e. The number of carbonyl (C=O) groups is 1. The van der Waals surface area contributed by atoms with Crippen molar-refractivity contribution in [2.45, 2.75) is 18.9 Å². The van der Waals surface area contributed by atoms with Crippen molar-refractivity contribution >= 4 is 45.2 Å². The van der Waals surface area contributed by atoms with Crippen LogP contribution >= 0.6 is 22.6 Å². The molecule has 1 saturated heterocycles. The van der Waals surface area contributed by atoms with Gasteiger partial charge in [-0.05, 0) is 65.8 Å². The van der Waals surface area contributed by atoms with Crippen molar-refractivity contribution < 1.29 is 9.18 Å². The molecule has 0 bridgehead atoms. The smallest absolute Gasteiger partial charge is 0.238 e. The number of likely N-dealkylation sites (tertiary alicyclic amines) is 1. The summed E-state index contributed by atoms with van der Waals surface area (Å²) in [6.45, 7) is 2.10. The molecule has 0 aliphatic carbocycles. The lowest BCUT2D eigenvalue weighted by Gasteiger charge is -2.32. The highest BCUT2D eigenvalue weighted by Crippen LogP contribution is 2.27. The SMILES string of the molecule is O=C(CN1CCC(n2cnc3cc(F)ccc32)CC1)Nc1cccc(I)c1. The molecule has 0 spiro atoms. The van der Waals surface area contributed by atoms with Crippen LogP contribution in [0.3, 0.4) is 0 Å². The lowest BCUT2D eigenvalue weighted by Crippen LogP contribution is -2.39. The van der Waals surface area contributed by atoms with Gasteiger partial charge >= 0.3 is 0 Å². The molecule has 7 heteroatoms. The Kier molecular flexibility index (Phi) is 5.40. The van der Waals surface area contributed by atoms with E-state index in [4.69, 9.17) is 0 Å². The lowest BCUT2D eigenvalue weighted by molar-refractivity contribution is -0.117. The molecule has 1 aromatic heterocycles. The quantitative estimate of drug-likeness (QED) is 0.576. The predicted octanol–water partition coefficient (Wildman–Crippen LogP) is 4.06. The highest BCUT2D eigenvalue weighted by atomic mass is 127. The van der Waals surface area contributed by atoms with Gasteiger partial charge in [0.05, 0.1) is 23.9 Å². The van der Waals surface area contributed by atoms with Crippen LogP contribution in [0.15, 0.2) is 48.8 Å². The maximum Gasteiger partial charge on any atom is 0.238 e. The van der Waals surface area contributed by atoms with E-state index in [0.717, 1.165) is 40.7 Å². The fourth-order valence-electron chi connectivity index (χ4n) is 3.62. The average molecular weight is 478 g/mol. The van der Waals surface area contributed by atoms with E-state index < -0.39 is 0 Å². The number of hydrogen-bond donors (Lipinski definition) is 1. The van der Waals surface area contributed by atoms with E-state index in [9.17, 15) is 9.18 Å². The normalized spacial score (nSPS) is 15.9. The van der Waals surface area contributed by atoms with Gasteiger partial charge < -0.3 is 9.88 Å². The number of amides is 1. The molecular weight excluding hydrogens is 458 g/mol. The molecular formula is C20H20FIN4O. The van der Waals surface area contributed by atoms with Crippen molar-refractivity contribution in [3.63, 3.8) is 0 Å². The molecule has 3 aromatic rings. The summed E-state index contributed by atoms with van der Waals surface area (Å²) >= 11 is 2.23. The zero-order valence-electron chi connectivity index (χ0n) is 14.7. The van der Waals surface area contributed by atoms with E-state index >= 15 is 0 Å². The van der Waals surface area contributed by atoms with Crippen LogP contribution in [-0.2, 0) is 4.79 Å². The van der Waals surface area contributed by atoms with Gasteiger partial charge in [-0.1, -0.05) is 6.07 Å². The summed E-state index contributed by atoms with van der Waals surface area (Å²) in [6, 6.07) is 12.9. The first-order valence-corrected chi connectivity index (χ1v) is 10.1. The summed E-state index contributed by atoms with van der Waals surface area (Å²) in [4.78, 5) is 18.8. The average Bonchev–Trinajstić information content (AvgIpc) is 3.05. The summed E-state index contributed by atoms with van der Waals surface area (Å²) in [7, 11) is 0. The predicted molar refractivity (Wildman–Crippen MR) is 112 cm³/mol. The third-order valence-corrected chi connectivity index (χ3v) is 5.63. The van der Waals surface area contributed by atoms with Gasteiger partial charge in [0.1, 0.15) is 5.82 Å². The Morgan fingerprint density at radius 1 is 1.22 bits per heavy atom. The summed E-state index contributed by atoms with van der Waals surface area (Å²) in [5.74, 6) is -0.249. The molecule has 140 valence electrons. The standard InChI is InChI=1S/C20H20FIN4O/c21-14-4-5-19-18(10-14)23-13-26(19)17-6-8-25(9-7-17)12-20(27)24-16-3-1-2-15(22)11-16/h1-5,10-11,13,17H,6-9,12H2,(H,24,27).